The third-order valence-electron chi connectivity index (χ3n) is 4.93. The molecule has 0 aromatic heterocycles. The van der Waals surface area contributed by atoms with E-state index in [1.807, 2.05) is 6.07 Å². The predicted molar refractivity (Wildman–Crippen MR) is 79.0 cm³/mol. The Morgan fingerprint density at radius 2 is 1.76 bits per heavy atom. The van der Waals surface area contributed by atoms with Crippen molar-refractivity contribution in [2.75, 3.05) is 6.54 Å². The van der Waals surface area contributed by atoms with E-state index in [0.717, 1.165) is 6.42 Å². The Kier molecular flexibility index (Phi) is 3.95. The second-order valence-corrected chi connectivity index (χ2v) is 6.23. The van der Waals surface area contributed by atoms with Crippen molar-refractivity contribution in [2.24, 2.45) is 11.8 Å². The molecule has 1 atom stereocenters. The molecule has 21 heavy (non-hydrogen) atoms. The summed E-state index contributed by atoms with van der Waals surface area (Å²) in [4.78, 5) is 23.1. The first kappa shape index (κ1) is 14.1. The van der Waals surface area contributed by atoms with Gasteiger partial charge in [0, 0.05) is 18.4 Å². The summed E-state index contributed by atoms with van der Waals surface area (Å²) >= 11 is 0. The number of fused-ring (bicyclic) bond motifs is 1. The van der Waals surface area contributed by atoms with Gasteiger partial charge >= 0.3 is 5.97 Å². The van der Waals surface area contributed by atoms with Gasteiger partial charge in [-0.05, 0) is 43.2 Å². The number of carboxylic acids is 1. The van der Waals surface area contributed by atoms with Gasteiger partial charge in [0.15, 0.2) is 0 Å². The van der Waals surface area contributed by atoms with Crippen molar-refractivity contribution in [3.8, 4) is 0 Å². The van der Waals surface area contributed by atoms with Gasteiger partial charge in [0.1, 0.15) is 0 Å². The van der Waals surface area contributed by atoms with E-state index in [9.17, 15) is 9.59 Å². The molecule has 0 aliphatic heterocycles. The first-order chi connectivity index (χ1) is 10.1. The fraction of sp³-hybridized carbons (Fsp3) is 0.529. The summed E-state index contributed by atoms with van der Waals surface area (Å²) in [6.45, 7) is 0.703. The predicted octanol–water partition coefficient (Wildman–Crippen LogP) is 2.33. The molecule has 1 aromatic rings. The molecule has 2 N–H and O–H groups in total. The zero-order valence-corrected chi connectivity index (χ0v) is 12.0. The van der Waals surface area contributed by atoms with Gasteiger partial charge in [0.25, 0.3) is 0 Å². The Labute approximate surface area is 124 Å². The summed E-state index contributed by atoms with van der Waals surface area (Å²) in [7, 11) is 0. The van der Waals surface area contributed by atoms with Crippen LogP contribution in [0.25, 0.3) is 0 Å². The molecule has 2 aliphatic carbocycles. The summed E-state index contributed by atoms with van der Waals surface area (Å²) in [6, 6.07) is 8.36. The van der Waals surface area contributed by atoms with Crippen LogP contribution >= 0.6 is 0 Å². The van der Waals surface area contributed by atoms with Crippen molar-refractivity contribution in [3.05, 3.63) is 35.4 Å². The molecule has 1 unspecified atom stereocenters. The molecule has 0 spiro atoms. The molecule has 0 heterocycles. The summed E-state index contributed by atoms with van der Waals surface area (Å²) in [5.74, 6) is -0.438. The highest BCUT2D eigenvalue weighted by atomic mass is 16.4. The number of nitrogens with one attached hydrogen (secondary N) is 1. The quantitative estimate of drug-likeness (QED) is 0.893. The van der Waals surface area contributed by atoms with E-state index >= 15 is 0 Å². The van der Waals surface area contributed by atoms with Gasteiger partial charge < -0.3 is 10.4 Å². The molecule has 1 amide bonds. The minimum absolute atomic E-state index is 0.00378. The van der Waals surface area contributed by atoms with Crippen LogP contribution in [-0.4, -0.2) is 23.5 Å². The van der Waals surface area contributed by atoms with Crippen LogP contribution in [-0.2, 0) is 16.0 Å². The maximum atomic E-state index is 12.2. The summed E-state index contributed by atoms with van der Waals surface area (Å²) in [5.41, 5.74) is 2.74. The third kappa shape index (κ3) is 2.94. The number of amides is 1. The van der Waals surface area contributed by atoms with Crippen molar-refractivity contribution in [1.82, 2.24) is 5.32 Å². The van der Waals surface area contributed by atoms with Crippen LogP contribution in [0.2, 0.25) is 0 Å². The van der Waals surface area contributed by atoms with Crippen LogP contribution in [0, 0.1) is 11.8 Å². The normalized spacial score (nSPS) is 27.3. The van der Waals surface area contributed by atoms with E-state index in [1.165, 1.54) is 11.1 Å². The highest BCUT2D eigenvalue weighted by Crippen LogP contribution is 2.34. The van der Waals surface area contributed by atoms with Crippen LogP contribution < -0.4 is 5.32 Å². The van der Waals surface area contributed by atoms with Gasteiger partial charge in [0.2, 0.25) is 5.91 Å². The Morgan fingerprint density at radius 1 is 1.10 bits per heavy atom. The maximum absolute atomic E-state index is 12.2. The number of carbonyl (C=O) groups excluding carboxylic acids is 1. The zero-order valence-electron chi connectivity index (χ0n) is 12.0. The third-order valence-corrected chi connectivity index (χ3v) is 4.93. The summed E-state index contributed by atoms with van der Waals surface area (Å²) in [5, 5.41) is 12.0. The molecular weight excluding hydrogens is 266 g/mol. The SMILES string of the molecule is O=C(O)C1CCC(C(=O)NCC2Cc3ccccc32)CC1. The topological polar surface area (TPSA) is 66.4 Å². The van der Waals surface area contributed by atoms with Crippen molar-refractivity contribution < 1.29 is 14.7 Å². The summed E-state index contributed by atoms with van der Waals surface area (Å²) < 4.78 is 0. The minimum atomic E-state index is -0.722. The lowest BCUT2D eigenvalue weighted by Gasteiger charge is -2.31. The van der Waals surface area contributed by atoms with E-state index in [0.29, 0.717) is 38.1 Å². The van der Waals surface area contributed by atoms with Crippen LogP contribution in [0.5, 0.6) is 0 Å². The van der Waals surface area contributed by atoms with Crippen molar-refractivity contribution in [3.63, 3.8) is 0 Å². The molecule has 1 aromatic carbocycles. The second-order valence-electron chi connectivity index (χ2n) is 6.23. The number of aliphatic carboxylic acids is 1. The van der Waals surface area contributed by atoms with Gasteiger partial charge in [-0.15, -0.1) is 0 Å². The van der Waals surface area contributed by atoms with Gasteiger partial charge in [-0.3, -0.25) is 9.59 Å². The van der Waals surface area contributed by atoms with Crippen LogP contribution in [0.3, 0.4) is 0 Å². The van der Waals surface area contributed by atoms with E-state index in [1.54, 1.807) is 0 Å². The smallest absolute Gasteiger partial charge is 0.306 e. The van der Waals surface area contributed by atoms with Crippen molar-refractivity contribution in [2.45, 2.75) is 38.0 Å². The lowest BCUT2D eigenvalue weighted by Crippen LogP contribution is -2.38. The number of rotatable bonds is 4. The molecule has 0 saturated heterocycles. The molecule has 1 saturated carbocycles. The number of carbonyl (C=O) groups is 2. The standard InChI is InChI=1S/C17H21NO3/c19-16(11-5-7-12(8-6-11)17(20)21)18-10-14-9-13-3-1-2-4-15(13)14/h1-4,11-12,14H,5-10H2,(H,18,19)(H,20,21). The number of hydrogen-bond acceptors (Lipinski definition) is 2. The van der Waals surface area contributed by atoms with Gasteiger partial charge in [-0.2, -0.15) is 0 Å². The van der Waals surface area contributed by atoms with Crippen LogP contribution in [0.4, 0.5) is 0 Å². The maximum Gasteiger partial charge on any atom is 0.306 e. The molecule has 4 nitrogen and oxygen atoms in total. The van der Waals surface area contributed by atoms with E-state index < -0.39 is 5.97 Å². The lowest BCUT2D eigenvalue weighted by molar-refractivity contribution is -0.144. The van der Waals surface area contributed by atoms with Gasteiger partial charge in [-0.25, -0.2) is 0 Å². The van der Waals surface area contributed by atoms with E-state index in [-0.39, 0.29) is 17.7 Å². The molecule has 0 radical (unpaired) electrons. The van der Waals surface area contributed by atoms with Gasteiger partial charge in [-0.1, -0.05) is 24.3 Å². The van der Waals surface area contributed by atoms with Crippen LogP contribution in [0.1, 0.15) is 42.7 Å². The summed E-state index contributed by atoms with van der Waals surface area (Å²) in [6.07, 6.45) is 3.69. The molecule has 4 heteroatoms. The molecule has 0 bridgehead atoms. The van der Waals surface area contributed by atoms with Crippen molar-refractivity contribution >= 4 is 11.9 Å². The Morgan fingerprint density at radius 3 is 2.43 bits per heavy atom. The zero-order chi connectivity index (χ0) is 14.8. The Bertz CT molecular complexity index is 547. The highest BCUT2D eigenvalue weighted by Gasteiger charge is 2.31. The van der Waals surface area contributed by atoms with Gasteiger partial charge in [0.05, 0.1) is 5.92 Å². The lowest BCUT2D eigenvalue weighted by atomic mass is 9.77. The average molecular weight is 287 g/mol. The number of hydrogen-bond donors (Lipinski definition) is 2. The monoisotopic (exact) mass is 287 g/mol. The molecule has 112 valence electrons. The van der Waals surface area contributed by atoms with E-state index in [4.69, 9.17) is 5.11 Å². The fourth-order valence-electron chi connectivity index (χ4n) is 3.52. The molecular formula is C17H21NO3. The van der Waals surface area contributed by atoms with Crippen LogP contribution in [0.15, 0.2) is 24.3 Å². The number of carboxylic acid groups (broad SMARTS) is 1. The van der Waals surface area contributed by atoms with E-state index in [2.05, 4.69) is 23.5 Å². The molecule has 2 aliphatic rings. The highest BCUT2D eigenvalue weighted by molar-refractivity contribution is 5.79. The fourth-order valence-corrected chi connectivity index (χ4v) is 3.52. The average Bonchev–Trinajstić information content (AvgIpc) is 2.48. The number of benzene rings is 1. The minimum Gasteiger partial charge on any atom is -0.481 e. The molecule has 3 rings (SSSR count). The Balaban J connectivity index is 1.45. The first-order valence-corrected chi connectivity index (χ1v) is 7.73. The largest absolute Gasteiger partial charge is 0.481 e. The second kappa shape index (κ2) is 5.88. The first-order valence-electron chi connectivity index (χ1n) is 7.73. The van der Waals surface area contributed by atoms with Crippen molar-refractivity contribution in [1.29, 1.82) is 0 Å². The Hall–Kier alpha value is -1.84. The molecule has 1 fully saturated rings.